The molecule has 0 radical (unpaired) electrons. The first-order valence-electron chi connectivity index (χ1n) is 12.5. The lowest BCUT2D eigenvalue weighted by Gasteiger charge is -2.31. The van der Waals surface area contributed by atoms with E-state index in [0.717, 1.165) is 83.1 Å². The zero-order chi connectivity index (χ0) is 21.8. The van der Waals surface area contributed by atoms with Crippen LogP contribution in [-0.2, 0) is 16.0 Å². The van der Waals surface area contributed by atoms with Crippen LogP contribution in [0.1, 0.15) is 37.7 Å². The fourth-order valence-electron chi connectivity index (χ4n) is 5.64. The van der Waals surface area contributed by atoms with Crippen LogP contribution >= 0.6 is 0 Å². The molecule has 32 heavy (non-hydrogen) atoms. The van der Waals surface area contributed by atoms with E-state index in [1.54, 1.807) is 0 Å². The minimum atomic E-state index is 0.0965. The van der Waals surface area contributed by atoms with Crippen LogP contribution < -0.4 is 14.8 Å². The molecule has 7 heteroatoms. The summed E-state index contributed by atoms with van der Waals surface area (Å²) in [6, 6.07) is 6.89. The van der Waals surface area contributed by atoms with Gasteiger partial charge in [0.05, 0.1) is 5.92 Å². The summed E-state index contributed by atoms with van der Waals surface area (Å²) in [5.74, 6) is 1.96. The van der Waals surface area contributed by atoms with E-state index in [0.29, 0.717) is 19.3 Å². The van der Waals surface area contributed by atoms with Gasteiger partial charge in [0, 0.05) is 38.4 Å². The van der Waals surface area contributed by atoms with Crippen LogP contribution in [0.25, 0.3) is 0 Å². The van der Waals surface area contributed by atoms with Gasteiger partial charge in [-0.15, -0.1) is 0 Å². The van der Waals surface area contributed by atoms with Crippen molar-refractivity contribution in [2.75, 3.05) is 59.2 Å². The van der Waals surface area contributed by atoms with Crippen LogP contribution in [0.4, 0.5) is 0 Å². The molecule has 1 N–H and O–H groups in total. The summed E-state index contributed by atoms with van der Waals surface area (Å²) in [6.07, 6.45) is 6.48. The lowest BCUT2D eigenvalue weighted by Crippen LogP contribution is -2.47. The van der Waals surface area contributed by atoms with Gasteiger partial charge in [-0.05, 0) is 75.9 Å². The Balaban J connectivity index is 1.21. The molecular weight excluding hydrogens is 406 g/mol. The summed E-state index contributed by atoms with van der Waals surface area (Å²) in [4.78, 5) is 18.3. The first-order chi connectivity index (χ1) is 15.7. The Bertz CT molecular complexity index is 776. The molecule has 4 heterocycles. The van der Waals surface area contributed by atoms with Crippen LogP contribution in [0, 0.1) is 5.92 Å². The minimum absolute atomic E-state index is 0.0965. The number of likely N-dealkylation sites (tertiary alicyclic amines) is 2. The first kappa shape index (κ1) is 22.0. The molecule has 3 saturated heterocycles. The maximum atomic E-state index is 13.3. The number of rotatable bonds is 7. The van der Waals surface area contributed by atoms with E-state index in [4.69, 9.17) is 14.2 Å². The van der Waals surface area contributed by atoms with E-state index in [2.05, 4.69) is 27.2 Å². The molecule has 0 bridgehead atoms. The molecule has 7 nitrogen and oxygen atoms in total. The summed E-state index contributed by atoms with van der Waals surface area (Å²) >= 11 is 0. The maximum Gasteiger partial charge on any atom is 0.224 e. The van der Waals surface area contributed by atoms with Gasteiger partial charge in [0.15, 0.2) is 11.5 Å². The Morgan fingerprint density at radius 2 is 1.78 bits per heavy atom. The summed E-state index contributed by atoms with van der Waals surface area (Å²) in [7, 11) is 0. The van der Waals surface area contributed by atoms with Crippen LogP contribution in [-0.4, -0.2) is 86.9 Å². The van der Waals surface area contributed by atoms with Gasteiger partial charge in [0.25, 0.3) is 0 Å². The summed E-state index contributed by atoms with van der Waals surface area (Å²) < 4.78 is 17.0. The number of carbonyl (C=O) groups is 1. The molecule has 2 atom stereocenters. The molecule has 4 aliphatic heterocycles. The van der Waals surface area contributed by atoms with Gasteiger partial charge in [-0.2, -0.15) is 0 Å². The highest BCUT2D eigenvalue weighted by Gasteiger charge is 2.34. The maximum absolute atomic E-state index is 13.3. The molecule has 1 unspecified atom stereocenters. The molecule has 1 amide bonds. The monoisotopic (exact) mass is 443 g/mol. The van der Waals surface area contributed by atoms with E-state index in [-0.39, 0.29) is 17.9 Å². The highest BCUT2D eigenvalue weighted by atomic mass is 16.6. The molecule has 1 aromatic rings. The van der Waals surface area contributed by atoms with Crippen molar-refractivity contribution in [3.63, 3.8) is 0 Å². The van der Waals surface area contributed by atoms with Crippen LogP contribution in [0.15, 0.2) is 18.2 Å². The molecule has 3 fully saturated rings. The molecule has 0 saturated carbocycles. The fourth-order valence-corrected chi connectivity index (χ4v) is 5.64. The normalized spacial score (nSPS) is 25.7. The number of ether oxygens (including phenoxy) is 3. The number of nitrogens with one attached hydrogen (secondary N) is 1. The lowest BCUT2D eigenvalue weighted by atomic mass is 10.0. The molecular formula is C25H37N3O4. The largest absolute Gasteiger partial charge is 0.486 e. The van der Waals surface area contributed by atoms with Crippen molar-refractivity contribution in [2.24, 2.45) is 5.92 Å². The van der Waals surface area contributed by atoms with Gasteiger partial charge in [-0.3, -0.25) is 9.69 Å². The van der Waals surface area contributed by atoms with E-state index < -0.39 is 0 Å². The third kappa shape index (κ3) is 5.38. The Labute approximate surface area is 191 Å². The zero-order valence-electron chi connectivity index (χ0n) is 19.1. The highest BCUT2D eigenvalue weighted by molar-refractivity contribution is 5.79. The number of hydrogen-bond acceptors (Lipinski definition) is 6. The standard InChI is InChI=1S/C25H37N3O4/c29-25(20-5-10-28(17-20)22-6-11-30-12-7-22)26-21(18-27-8-1-2-9-27)15-19-3-4-23-24(16-19)32-14-13-31-23/h3-4,16,20-22H,1-2,5-15,17-18H2,(H,26,29)/t20?,21-/m0/s1. The predicted octanol–water partition coefficient (Wildman–Crippen LogP) is 2.08. The van der Waals surface area contributed by atoms with E-state index in [1.165, 1.54) is 18.4 Å². The van der Waals surface area contributed by atoms with Gasteiger partial charge in [0.1, 0.15) is 13.2 Å². The van der Waals surface area contributed by atoms with Crippen molar-refractivity contribution in [1.29, 1.82) is 0 Å². The number of fused-ring (bicyclic) bond motifs is 1. The average Bonchev–Trinajstić information content (AvgIpc) is 3.52. The number of carbonyl (C=O) groups excluding carboxylic acids is 1. The fraction of sp³-hybridized carbons (Fsp3) is 0.720. The van der Waals surface area contributed by atoms with Crippen molar-refractivity contribution in [2.45, 2.75) is 50.6 Å². The smallest absolute Gasteiger partial charge is 0.224 e. The second kappa shape index (κ2) is 10.4. The Morgan fingerprint density at radius 1 is 1.00 bits per heavy atom. The topological polar surface area (TPSA) is 63.3 Å². The van der Waals surface area contributed by atoms with Gasteiger partial charge >= 0.3 is 0 Å². The molecule has 0 aromatic heterocycles. The summed E-state index contributed by atoms with van der Waals surface area (Å²) in [5, 5.41) is 3.43. The van der Waals surface area contributed by atoms with Crippen molar-refractivity contribution in [3.05, 3.63) is 23.8 Å². The SMILES string of the molecule is O=C(N[C@@H](Cc1ccc2c(c1)OCCO2)CN1CCCC1)C1CCN(C2CCOCC2)C1. The first-order valence-corrected chi connectivity index (χ1v) is 12.5. The van der Waals surface area contributed by atoms with Crippen molar-refractivity contribution >= 4 is 5.91 Å². The number of hydrogen-bond donors (Lipinski definition) is 1. The molecule has 0 aliphatic carbocycles. The van der Waals surface area contributed by atoms with E-state index in [1.807, 2.05) is 6.07 Å². The predicted molar refractivity (Wildman–Crippen MR) is 122 cm³/mol. The van der Waals surface area contributed by atoms with Crippen LogP contribution in [0.3, 0.4) is 0 Å². The summed E-state index contributed by atoms with van der Waals surface area (Å²) in [6.45, 7) is 8.00. The van der Waals surface area contributed by atoms with Crippen molar-refractivity contribution in [3.8, 4) is 11.5 Å². The van der Waals surface area contributed by atoms with Crippen molar-refractivity contribution < 1.29 is 19.0 Å². The molecule has 1 aromatic carbocycles. The molecule has 4 aliphatic rings. The third-order valence-electron chi connectivity index (χ3n) is 7.41. The molecule has 5 rings (SSSR count). The van der Waals surface area contributed by atoms with Gasteiger partial charge < -0.3 is 24.4 Å². The van der Waals surface area contributed by atoms with Crippen LogP contribution in [0.5, 0.6) is 11.5 Å². The van der Waals surface area contributed by atoms with Gasteiger partial charge in [-0.1, -0.05) is 6.07 Å². The number of nitrogens with zero attached hydrogens (tertiary/aromatic N) is 2. The minimum Gasteiger partial charge on any atom is -0.486 e. The second-order valence-electron chi connectivity index (χ2n) is 9.72. The van der Waals surface area contributed by atoms with Crippen molar-refractivity contribution in [1.82, 2.24) is 15.1 Å². The molecule has 176 valence electrons. The van der Waals surface area contributed by atoms with E-state index in [9.17, 15) is 4.79 Å². The second-order valence-corrected chi connectivity index (χ2v) is 9.72. The quantitative estimate of drug-likeness (QED) is 0.696. The summed E-state index contributed by atoms with van der Waals surface area (Å²) in [5.41, 5.74) is 1.19. The lowest BCUT2D eigenvalue weighted by molar-refractivity contribution is -0.125. The highest BCUT2D eigenvalue weighted by Crippen LogP contribution is 2.31. The van der Waals surface area contributed by atoms with Gasteiger partial charge in [-0.25, -0.2) is 0 Å². The third-order valence-corrected chi connectivity index (χ3v) is 7.41. The Morgan fingerprint density at radius 3 is 2.59 bits per heavy atom. The Kier molecular flexibility index (Phi) is 7.15. The van der Waals surface area contributed by atoms with E-state index >= 15 is 0 Å². The average molecular weight is 444 g/mol. The zero-order valence-corrected chi connectivity index (χ0v) is 19.1. The number of amides is 1. The van der Waals surface area contributed by atoms with Gasteiger partial charge in [0.2, 0.25) is 5.91 Å². The van der Waals surface area contributed by atoms with Crippen LogP contribution in [0.2, 0.25) is 0 Å². The Hall–Kier alpha value is -1.83. The molecule has 0 spiro atoms. The number of benzene rings is 1.